The number of piperidine rings is 1. The number of rotatable bonds is 3. The SMILES string of the molecule is CCc1c(C)nc(-c2ccccc2)nc1N1CCC(=O)CC1. The zero-order valence-corrected chi connectivity index (χ0v) is 13.2. The van der Waals surface area contributed by atoms with Crippen LogP contribution in [0.2, 0.25) is 0 Å². The highest BCUT2D eigenvalue weighted by atomic mass is 16.1. The molecule has 4 heteroatoms. The maximum absolute atomic E-state index is 11.5. The Labute approximate surface area is 131 Å². The topological polar surface area (TPSA) is 46.1 Å². The standard InChI is InChI=1S/C18H21N3O/c1-3-16-13(2)19-17(14-7-5-4-6-8-14)20-18(16)21-11-9-15(22)10-12-21/h4-8H,3,9-12H2,1-2H3. The molecule has 22 heavy (non-hydrogen) atoms. The van der Waals surface area contributed by atoms with Gasteiger partial charge in [0, 0.05) is 42.8 Å². The molecule has 114 valence electrons. The van der Waals surface area contributed by atoms with Crippen molar-refractivity contribution in [3.8, 4) is 11.4 Å². The van der Waals surface area contributed by atoms with E-state index in [1.54, 1.807) is 0 Å². The molecular formula is C18H21N3O. The van der Waals surface area contributed by atoms with Gasteiger partial charge in [0.15, 0.2) is 5.82 Å². The zero-order chi connectivity index (χ0) is 15.5. The number of nitrogens with zero attached hydrogens (tertiary/aromatic N) is 3. The largest absolute Gasteiger partial charge is 0.355 e. The molecule has 3 rings (SSSR count). The molecule has 4 nitrogen and oxygen atoms in total. The van der Waals surface area contributed by atoms with Gasteiger partial charge in [0.25, 0.3) is 0 Å². The fourth-order valence-electron chi connectivity index (χ4n) is 2.94. The van der Waals surface area contributed by atoms with Gasteiger partial charge >= 0.3 is 0 Å². The summed E-state index contributed by atoms with van der Waals surface area (Å²) in [7, 11) is 0. The van der Waals surface area contributed by atoms with Crippen molar-refractivity contribution in [2.75, 3.05) is 18.0 Å². The van der Waals surface area contributed by atoms with Crippen molar-refractivity contribution in [2.24, 2.45) is 0 Å². The van der Waals surface area contributed by atoms with Crippen LogP contribution in [0.1, 0.15) is 31.0 Å². The monoisotopic (exact) mass is 295 g/mol. The maximum Gasteiger partial charge on any atom is 0.161 e. The fraction of sp³-hybridized carbons (Fsp3) is 0.389. The molecule has 1 saturated heterocycles. The van der Waals surface area contributed by atoms with E-state index in [9.17, 15) is 4.79 Å². The van der Waals surface area contributed by atoms with Crippen LogP contribution in [0.3, 0.4) is 0 Å². The van der Waals surface area contributed by atoms with Gasteiger partial charge in [-0.15, -0.1) is 0 Å². The van der Waals surface area contributed by atoms with E-state index in [0.29, 0.717) is 18.6 Å². The molecular weight excluding hydrogens is 274 g/mol. The third-order valence-electron chi connectivity index (χ3n) is 4.20. The zero-order valence-electron chi connectivity index (χ0n) is 13.2. The second-order valence-corrected chi connectivity index (χ2v) is 5.68. The quantitative estimate of drug-likeness (QED) is 0.872. The van der Waals surface area contributed by atoms with E-state index < -0.39 is 0 Å². The molecule has 0 atom stereocenters. The summed E-state index contributed by atoms with van der Waals surface area (Å²) in [6.45, 7) is 5.70. The maximum atomic E-state index is 11.5. The molecule has 0 aliphatic carbocycles. The number of Topliss-reactive ketones (excluding diaryl/α,β-unsaturated/α-hetero) is 1. The second-order valence-electron chi connectivity index (χ2n) is 5.68. The highest BCUT2D eigenvalue weighted by molar-refractivity contribution is 5.81. The lowest BCUT2D eigenvalue weighted by atomic mass is 10.1. The number of aromatic nitrogens is 2. The number of hydrogen-bond acceptors (Lipinski definition) is 4. The van der Waals surface area contributed by atoms with Crippen LogP contribution in [-0.2, 0) is 11.2 Å². The van der Waals surface area contributed by atoms with Gasteiger partial charge in [0.1, 0.15) is 11.6 Å². The van der Waals surface area contributed by atoms with Gasteiger partial charge < -0.3 is 4.90 Å². The molecule has 0 spiro atoms. The molecule has 0 unspecified atom stereocenters. The van der Waals surface area contributed by atoms with Gasteiger partial charge in [-0.25, -0.2) is 9.97 Å². The predicted molar refractivity (Wildman–Crippen MR) is 88.0 cm³/mol. The van der Waals surface area contributed by atoms with E-state index in [4.69, 9.17) is 4.98 Å². The first-order chi connectivity index (χ1) is 10.7. The number of benzene rings is 1. The lowest BCUT2D eigenvalue weighted by Gasteiger charge is -2.29. The Hall–Kier alpha value is -2.23. The Morgan fingerprint density at radius 1 is 1.09 bits per heavy atom. The third-order valence-corrected chi connectivity index (χ3v) is 4.20. The summed E-state index contributed by atoms with van der Waals surface area (Å²) < 4.78 is 0. The van der Waals surface area contributed by atoms with Crippen LogP contribution in [-0.4, -0.2) is 28.8 Å². The van der Waals surface area contributed by atoms with Gasteiger partial charge in [-0.3, -0.25) is 4.79 Å². The van der Waals surface area contributed by atoms with Crippen LogP contribution in [0.5, 0.6) is 0 Å². The first kappa shape index (κ1) is 14.7. The Morgan fingerprint density at radius 2 is 1.77 bits per heavy atom. The molecule has 2 aromatic rings. The molecule has 0 radical (unpaired) electrons. The van der Waals surface area contributed by atoms with Crippen LogP contribution >= 0.6 is 0 Å². The van der Waals surface area contributed by atoms with E-state index in [-0.39, 0.29) is 0 Å². The number of anilines is 1. The van der Waals surface area contributed by atoms with E-state index in [1.165, 1.54) is 5.56 Å². The van der Waals surface area contributed by atoms with Gasteiger partial charge in [-0.2, -0.15) is 0 Å². The first-order valence-corrected chi connectivity index (χ1v) is 7.88. The Kier molecular flexibility index (Phi) is 4.18. The number of aryl methyl sites for hydroxylation is 1. The Morgan fingerprint density at radius 3 is 2.41 bits per heavy atom. The highest BCUT2D eigenvalue weighted by Gasteiger charge is 2.21. The number of ketones is 1. The van der Waals surface area contributed by atoms with Crippen molar-refractivity contribution in [3.63, 3.8) is 0 Å². The summed E-state index contributed by atoms with van der Waals surface area (Å²) in [5.41, 5.74) is 3.25. The second kappa shape index (κ2) is 6.26. The number of hydrogen-bond donors (Lipinski definition) is 0. The number of carbonyl (C=O) groups excluding carboxylic acids is 1. The van der Waals surface area contributed by atoms with Crippen LogP contribution in [0.25, 0.3) is 11.4 Å². The fourth-order valence-corrected chi connectivity index (χ4v) is 2.94. The van der Waals surface area contributed by atoms with Crippen molar-refractivity contribution in [1.82, 2.24) is 9.97 Å². The highest BCUT2D eigenvalue weighted by Crippen LogP contribution is 2.27. The molecule has 1 aliphatic heterocycles. The van der Waals surface area contributed by atoms with Gasteiger partial charge in [0.2, 0.25) is 0 Å². The van der Waals surface area contributed by atoms with Crippen LogP contribution in [0, 0.1) is 6.92 Å². The van der Waals surface area contributed by atoms with Gasteiger partial charge in [-0.05, 0) is 13.3 Å². The summed E-state index contributed by atoms with van der Waals surface area (Å²) in [6.07, 6.45) is 2.14. The van der Waals surface area contributed by atoms with Crippen molar-refractivity contribution in [3.05, 3.63) is 41.6 Å². The average Bonchev–Trinajstić information content (AvgIpc) is 2.55. The van der Waals surface area contributed by atoms with Crippen LogP contribution < -0.4 is 4.90 Å². The smallest absolute Gasteiger partial charge is 0.161 e. The molecule has 1 fully saturated rings. The van der Waals surface area contributed by atoms with E-state index in [1.807, 2.05) is 37.3 Å². The molecule has 1 aromatic heterocycles. The molecule has 1 aromatic carbocycles. The van der Waals surface area contributed by atoms with Crippen molar-refractivity contribution >= 4 is 11.6 Å². The summed E-state index contributed by atoms with van der Waals surface area (Å²) in [6, 6.07) is 10.1. The van der Waals surface area contributed by atoms with E-state index in [0.717, 1.165) is 42.4 Å². The molecule has 2 heterocycles. The minimum Gasteiger partial charge on any atom is -0.355 e. The summed E-state index contributed by atoms with van der Waals surface area (Å²) in [5, 5.41) is 0. The van der Waals surface area contributed by atoms with Crippen molar-refractivity contribution < 1.29 is 4.79 Å². The number of carbonyl (C=O) groups is 1. The first-order valence-electron chi connectivity index (χ1n) is 7.88. The minimum absolute atomic E-state index is 0.350. The average molecular weight is 295 g/mol. The van der Waals surface area contributed by atoms with Gasteiger partial charge in [-0.1, -0.05) is 37.3 Å². The molecule has 0 saturated carbocycles. The molecule has 0 amide bonds. The molecule has 0 bridgehead atoms. The van der Waals surface area contributed by atoms with Crippen LogP contribution in [0.15, 0.2) is 30.3 Å². The third kappa shape index (κ3) is 2.86. The molecule has 0 N–H and O–H groups in total. The Balaban J connectivity index is 2.03. The predicted octanol–water partition coefficient (Wildman–Crippen LogP) is 3.18. The molecule has 1 aliphatic rings. The summed E-state index contributed by atoms with van der Waals surface area (Å²) in [5.74, 6) is 2.12. The lowest BCUT2D eigenvalue weighted by Crippen LogP contribution is -2.35. The van der Waals surface area contributed by atoms with E-state index >= 15 is 0 Å². The van der Waals surface area contributed by atoms with Crippen molar-refractivity contribution in [1.29, 1.82) is 0 Å². The normalized spacial score (nSPS) is 15.2. The van der Waals surface area contributed by atoms with Crippen molar-refractivity contribution in [2.45, 2.75) is 33.1 Å². The summed E-state index contributed by atoms with van der Waals surface area (Å²) >= 11 is 0. The van der Waals surface area contributed by atoms with Crippen LogP contribution in [0.4, 0.5) is 5.82 Å². The van der Waals surface area contributed by atoms with E-state index in [2.05, 4.69) is 16.8 Å². The minimum atomic E-state index is 0.350. The summed E-state index contributed by atoms with van der Waals surface area (Å²) in [4.78, 5) is 23.2. The lowest BCUT2D eigenvalue weighted by molar-refractivity contribution is -0.119. The Bertz CT molecular complexity index is 672. The van der Waals surface area contributed by atoms with Gasteiger partial charge in [0.05, 0.1) is 0 Å².